The van der Waals surface area contributed by atoms with Crippen LogP contribution in [0.3, 0.4) is 0 Å². The van der Waals surface area contributed by atoms with Crippen LogP contribution >= 0.6 is 0 Å². The quantitative estimate of drug-likeness (QED) is 0.664. The van der Waals surface area contributed by atoms with Crippen LogP contribution in [0, 0.1) is 19.9 Å². The molecular weight excluding hydrogens is 213 g/mol. The third-order valence-electron chi connectivity index (χ3n) is 1.47. The molecule has 0 aliphatic rings. The normalized spacial score (nSPS) is 8.64. The van der Waals surface area contributed by atoms with Crippen LogP contribution in [0.5, 0.6) is 5.75 Å². The van der Waals surface area contributed by atoms with E-state index in [2.05, 4.69) is 6.07 Å². The van der Waals surface area contributed by atoms with E-state index in [-0.39, 0.29) is 32.7 Å². The molecule has 1 radical (unpaired) electrons. The minimum absolute atomic E-state index is 0. The molecule has 11 heavy (non-hydrogen) atoms. The molecule has 0 amide bonds. The van der Waals surface area contributed by atoms with Crippen molar-refractivity contribution in [3.63, 3.8) is 0 Å². The van der Waals surface area contributed by atoms with Crippen molar-refractivity contribution in [2.45, 2.75) is 13.8 Å². The zero-order valence-corrected chi connectivity index (χ0v) is 9.98. The van der Waals surface area contributed by atoms with E-state index < -0.39 is 0 Å². The van der Waals surface area contributed by atoms with Crippen molar-refractivity contribution < 1.29 is 37.4 Å². The average Bonchev–Trinajstić information content (AvgIpc) is 1.94. The summed E-state index contributed by atoms with van der Waals surface area (Å²) >= 11 is 0. The van der Waals surface area contributed by atoms with E-state index in [0.717, 1.165) is 16.9 Å². The third kappa shape index (κ3) is 2.92. The van der Waals surface area contributed by atoms with Crippen molar-refractivity contribution in [2.24, 2.45) is 0 Å². The number of hydrogen-bond donors (Lipinski definition) is 0. The average molecular weight is 224 g/mol. The molecule has 1 aromatic carbocycles. The van der Waals surface area contributed by atoms with E-state index in [1.54, 1.807) is 7.11 Å². The van der Waals surface area contributed by atoms with E-state index in [1.807, 2.05) is 26.0 Å². The van der Waals surface area contributed by atoms with Gasteiger partial charge in [0.1, 0.15) is 0 Å². The fourth-order valence-corrected chi connectivity index (χ4v) is 0.865. The van der Waals surface area contributed by atoms with Gasteiger partial charge >= 0.3 is 0 Å². The van der Waals surface area contributed by atoms with Gasteiger partial charge in [0.05, 0.1) is 7.11 Å². The Bertz CT molecular complexity index is 233. The molecule has 0 aromatic heterocycles. The predicted molar refractivity (Wildman–Crippen MR) is 41.3 cm³/mol. The zero-order chi connectivity index (χ0) is 7.56. The van der Waals surface area contributed by atoms with Crippen molar-refractivity contribution in [2.75, 3.05) is 7.11 Å². The van der Waals surface area contributed by atoms with Gasteiger partial charge in [0.15, 0.2) is 0 Å². The Morgan fingerprint density at radius 2 is 2.00 bits per heavy atom. The number of ether oxygens (including phenoxy) is 1. The van der Waals surface area contributed by atoms with E-state index in [4.69, 9.17) is 4.74 Å². The smallest absolute Gasteiger partial charge is 0.0743 e. The fourth-order valence-electron chi connectivity index (χ4n) is 0.865. The van der Waals surface area contributed by atoms with E-state index >= 15 is 0 Å². The monoisotopic (exact) mass is 224 g/mol. The van der Waals surface area contributed by atoms with Gasteiger partial charge in [0.25, 0.3) is 0 Å². The number of aryl methyl sites for hydroxylation is 2. The van der Waals surface area contributed by atoms with Gasteiger partial charge in [0.2, 0.25) is 0 Å². The Morgan fingerprint density at radius 3 is 2.45 bits per heavy atom. The molecule has 2 heteroatoms. The van der Waals surface area contributed by atoms with Crippen LogP contribution in [0.15, 0.2) is 12.1 Å². The maximum absolute atomic E-state index is 5.11. The van der Waals surface area contributed by atoms with E-state index in [9.17, 15) is 0 Å². The summed E-state index contributed by atoms with van der Waals surface area (Å²) in [6.45, 7) is 4.01. The van der Waals surface area contributed by atoms with Gasteiger partial charge in [-0.1, -0.05) is 13.8 Å². The molecule has 1 aromatic rings. The maximum atomic E-state index is 5.11. The van der Waals surface area contributed by atoms with Gasteiger partial charge in [-0.05, 0) is 0 Å². The van der Waals surface area contributed by atoms with Crippen molar-refractivity contribution in [1.29, 1.82) is 0 Å². The van der Waals surface area contributed by atoms with Gasteiger partial charge < -0.3 is 4.74 Å². The second-order valence-electron chi connectivity index (χ2n) is 2.37. The van der Waals surface area contributed by atoms with Gasteiger partial charge in [-0.2, -0.15) is 17.7 Å². The summed E-state index contributed by atoms with van der Waals surface area (Å²) in [6, 6.07) is 7.01. The Labute approximate surface area is 93.0 Å². The van der Waals surface area contributed by atoms with Crippen LogP contribution in [-0.4, -0.2) is 7.11 Å². The van der Waals surface area contributed by atoms with Crippen LogP contribution in [-0.2, 0) is 32.7 Å². The van der Waals surface area contributed by atoms with E-state index in [1.165, 1.54) is 0 Å². The summed E-state index contributed by atoms with van der Waals surface area (Å²) in [7, 11) is 1.68. The van der Waals surface area contributed by atoms with Crippen molar-refractivity contribution in [3.8, 4) is 5.75 Å². The topological polar surface area (TPSA) is 9.23 Å². The van der Waals surface area contributed by atoms with E-state index in [0.29, 0.717) is 0 Å². The SMILES string of the molecule is COc1cc(C)[c-]cc1C.[Y]. The maximum Gasteiger partial charge on any atom is 0.0743 e. The van der Waals surface area contributed by atoms with Crippen LogP contribution in [0.1, 0.15) is 11.1 Å². The molecule has 0 bridgehead atoms. The summed E-state index contributed by atoms with van der Waals surface area (Å²) in [5.74, 6) is 0.941. The van der Waals surface area contributed by atoms with Crippen molar-refractivity contribution >= 4 is 0 Å². The van der Waals surface area contributed by atoms with Crippen LogP contribution in [0.2, 0.25) is 0 Å². The first-order chi connectivity index (χ1) is 4.74. The summed E-state index contributed by atoms with van der Waals surface area (Å²) in [5, 5.41) is 0. The summed E-state index contributed by atoms with van der Waals surface area (Å²) < 4.78 is 5.11. The number of hydrogen-bond acceptors (Lipinski definition) is 1. The van der Waals surface area contributed by atoms with Gasteiger partial charge in [-0.3, -0.25) is 0 Å². The minimum Gasteiger partial charge on any atom is -0.522 e. The predicted octanol–water partition coefficient (Wildman–Crippen LogP) is 2.11. The molecule has 1 nitrogen and oxygen atoms in total. The van der Waals surface area contributed by atoms with Crippen LogP contribution in [0.25, 0.3) is 0 Å². The summed E-state index contributed by atoms with van der Waals surface area (Å²) in [6.07, 6.45) is 0. The Hall–Kier alpha value is 0.124. The number of methoxy groups -OCH3 is 1. The second-order valence-corrected chi connectivity index (χ2v) is 2.37. The Morgan fingerprint density at radius 1 is 1.36 bits per heavy atom. The summed E-state index contributed by atoms with van der Waals surface area (Å²) in [5.41, 5.74) is 2.25. The van der Waals surface area contributed by atoms with Crippen LogP contribution < -0.4 is 4.74 Å². The number of rotatable bonds is 1. The molecule has 0 saturated carbocycles. The van der Waals surface area contributed by atoms with Crippen molar-refractivity contribution in [3.05, 3.63) is 29.3 Å². The Kier molecular flexibility index (Phi) is 4.95. The summed E-state index contributed by atoms with van der Waals surface area (Å²) in [4.78, 5) is 0. The molecule has 0 fully saturated rings. The van der Waals surface area contributed by atoms with Gasteiger partial charge in [-0.25, -0.2) is 0 Å². The first-order valence-electron chi connectivity index (χ1n) is 3.27. The molecule has 0 aliphatic heterocycles. The minimum atomic E-state index is 0. The van der Waals surface area contributed by atoms with Crippen molar-refractivity contribution in [1.82, 2.24) is 0 Å². The van der Waals surface area contributed by atoms with Gasteiger partial charge in [-0.15, -0.1) is 11.6 Å². The molecule has 57 valence electrons. The Balaban J connectivity index is 0.000001000. The molecule has 0 heterocycles. The molecule has 1 rings (SSSR count). The molecule has 0 saturated heterocycles. The second kappa shape index (κ2) is 4.89. The van der Waals surface area contributed by atoms with Gasteiger partial charge in [0, 0.05) is 38.5 Å². The molecule has 0 unspecified atom stereocenters. The fraction of sp³-hybridized carbons (Fsp3) is 0.333. The first-order valence-corrected chi connectivity index (χ1v) is 3.27. The zero-order valence-electron chi connectivity index (χ0n) is 7.14. The standard InChI is InChI=1S/C9H11O.Y/c1-7-4-5-8(2)9(6-7)10-3;/h5-6H,1-3H3;/q-1;. The molecule has 0 atom stereocenters. The largest absolute Gasteiger partial charge is 0.522 e. The molecule has 0 spiro atoms. The molecule has 0 aliphatic carbocycles. The molecule has 0 N–H and O–H groups in total. The third-order valence-corrected chi connectivity index (χ3v) is 1.47. The first kappa shape index (κ1) is 11.1. The number of benzene rings is 1. The molecular formula is C9H11OY-. The van der Waals surface area contributed by atoms with Crippen LogP contribution in [0.4, 0.5) is 0 Å².